The summed E-state index contributed by atoms with van der Waals surface area (Å²) in [6, 6.07) is 0. The van der Waals surface area contributed by atoms with Gasteiger partial charge in [-0.2, -0.15) is 0 Å². The van der Waals surface area contributed by atoms with Gasteiger partial charge in [-0.3, -0.25) is 9.59 Å². The Morgan fingerprint density at radius 3 is 2.67 bits per heavy atom. The van der Waals surface area contributed by atoms with Crippen molar-refractivity contribution in [2.75, 3.05) is 13.1 Å². The summed E-state index contributed by atoms with van der Waals surface area (Å²) in [4.78, 5) is 28.9. The Morgan fingerprint density at radius 2 is 2.17 bits per heavy atom. The van der Waals surface area contributed by atoms with Gasteiger partial charge in [0.15, 0.2) is 5.89 Å². The topological polar surface area (TPSA) is 89.4 Å². The van der Waals surface area contributed by atoms with Crippen molar-refractivity contribution in [3.63, 3.8) is 0 Å². The number of piperidine rings is 1. The molecule has 0 spiro atoms. The first kappa shape index (κ1) is 12.6. The normalized spacial score (nSPS) is 16.8. The predicted molar refractivity (Wildman–Crippen MR) is 63.4 cm³/mol. The van der Waals surface area contributed by atoms with Gasteiger partial charge in [0.05, 0.1) is 12.1 Å². The summed E-state index contributed by atoms with van der Waals surface area (Å²) in [6.45, 7) is 2.92. The fraction of sp³-hybridized carbons (Fsp3) is 0.583. The van der Waals surface area contributed by atoms with Crippen LogP contribution in [0.1, 0.15) is 24.4 Å². The standard InChI is InChI=1S/C12H17N3O3/c1-8-14-10(7-18-8)6-11(16)15-4-2-9(3-5-15)12(13)17/h7,9H,2-6H2,1H3,(H2,13,17). The third kappa shape index (κ3) is 2.88. The van der Waals surface area contributed by atoms with Crippen molar-refractivity contribution in [1.29, 1.82) is 0 Å². The maximum Gasteiger partial charge on any atom is 0.228 e. The van der Waals surface area contributed by atoms with Crippen molar-refractivity contribution in [2.24, 2.45) is 11.7 Å². The molecule has 0 aromatic carbocycles. The third-order valence-electron chi connectivity index (χ3n) is 3.25. The first-order chi connectivity index (χ1) is 8.56. The van der Waals surface area contributed by atoms with Crippen LogP contribution in [0.25, 0.3) is 0 Å². The predicted octanol–water partition coefficient (Wildman–Crippen LogP) is 0.249. The number of oxazole rings is 1. The van der Waals surface area contributed by atoms with E-state index in [9.17, 15) is 9.59 Å². The number of primary amides is 1. The lowest BCUT2D eigenvalue weighted by Gasteiger charge is -2.30. The van der Waals surface area contributed by atoms with E-state index in [0.29, 0.717) is 37.5 Å². The summed E-state index contributed by atoms with van der Waals surface area (Å²) in [5, 5.41) is 0. The van der Waals surface area contributed by atoms with E-state index in [1.807, 2.05) is 0 Å². The Kier molecular flexibility index (Phi) is 3.64. The van der Waals surface area contributed by atoms with Gasteiger partial charge in [-0.05, 0) is 12.8 Å². The zero-order valence-electron chi connectivity index (χ0n) is 10.4. The molecule has 0 atom stereocenters. The highest BCUT2D eigenvalue weighted by Crippen LogP contribution is 2.17. The minimum atomic E-state index is -0.269. The minimum Gasteiger partial charge on any atom is -0.449 e. The lowest BCUT2D eigenvalue weighted by molar-refractivity contribution is -0.134. The Hall–Kier alpha value is -1.85. The number of aromatic nitrogens is 1. The maximum absolute atomic E-state index is 12.0. The van der Waals surface area contributed by atoms with Crippen molar-refractivity contribution in [1.82, 2.24) is 9.88 Å². The Labute approximate surface area is 105 Å². The second kappa shape index (κ2) is 5.20. The fourth-order valence-electron chi connectivity index (χ4n) is 2.17. The lowest BCUT2D eigenvalue weighted by atomic mass is 9.96. The van der Waals surface area contributed by atoms with Crippen LogP contribution in [0.3, 0.4) is 0 Å². The zero-order valence-corrected chi connectivity index (χ0v) is 10.4. The van der Waals surface area contributed by atoms with Crippen LogP contribution in [0.2, 0.25) is 0 Å². The second-order valence-electron chi connectivity index (χ2n) is 4.59. The van der Waals surface area contributed by atoms with Crippen molar-refractivity contribution in [3.05, 3.63) is 17.8 Å². The average molecular weight is 251 g/mol. The molecule has 2 heterocycles. The monoisotopic (exact) mass is 251 g/mol. The molecule has 0 aliphatic carbocycles. The molecule has 1 aliphatic rings. The number of rotatable bonds is 3. The second-order valence-corrected chi connectivity index (χ2v) is 4.59. The number of nitrogens with zero attached hydrogens (tertiary/aromatic N) is 2. The van der Waals surface area contributed by atoms with Gasteiger partial charge in [-0.15, -0.1) is 0 Å². The highest BCUT2D eigenvalue weighted by Gasteiger charge is 2.26. The van der Waals surface area contributed by atoms with Gasteiger partial charge in [-0.1, -0.05) is 0 Å². The summed E-state index contributed by atoms with van der Waals surface area (Å²) < 4.78 is 5.06. The first-order valence-corrected chi connectivity index (χ1v) is 6.04. The van der Waals surface area contributed by atoms with E-state index in [0.717, 1.165) is 0 Å². The van der Waals surface area contributed by atoms with Gasteiger partial charge >= 0.3 is 0 Å². The quantitative estimate of drug-likeness (QED) is 0.833. The lowest BCUT2D eigenvalue weighted by Crippen LogP contribution is -2.42. The van der Waals surface area contributed by atoms with Crippen molar-refractivity contribution in [3.8, 4) is 0 Å². The number of carbonyl (C=O) groups is 2. The van der Waals surface area contributed by atoms with Crippen LogP contribution in [0, 0.1) is 12.8 Å². The van der Waals surface area contributed by atoms with E-state index >= 15 is 0 Å². The number of likely N-dealkylation sites (tertiary alicyclic amines) is 1. The Bertz CT molecular complexity index is 447. The SMILES string of the molecule is Cc1nc(CC(=O)N2CCC(C(N)=O)CC2)co1. The molecule has 1 aliphatic heterocycles. The van der Waals surface area contributed by atoms with Crippen molar-refractivity contribution in [2.45, 2.75) is 26.2 Å². The number of amides is 2. The molecule has 0 bridgehead atoms. The molecule has 0 radical (unpaired) electrons. The van der Waals surface area contributed by atoms with E-state index in [4.69, 9.17) is 10.2 Å². The Morgan fingerprint density at radius 1 is 1.50 bits per heavy atom. The summed E-state index contributed by atoms with van der Waals surface area (Å²) in [5.74, 6) is 0.217. The van der Waals surface area contributed by atoms with Gasteiger partial charge in [0.25, 0.3) is 0 Å². The number of hydrogen-bond acceptors (Lipinski definition) is 4. The fourth-order valence-corrected chi connectivity index (χ4v) is 2.17. The largest absolute Gasteiger partial charge is 0.449 e. The summed E-state index contributed by atoms with van der Waals surface area (Å²) in [6.07, 6.45) is 3.06. The molecule has 1 aromatic rings. The molecule has 6 nitrogen and oxygen atoms in total. The number of aryl methyl sites for hydroxylation is 1. The van der Waals surface area contributed by atoms with Crippen LogP contribution in [-0.4, -0.2) is 34.8 Å². The Balaban J connectivity index is 1.86. The smallest absolute Gasteiger partial charge is 0.228 e. The van der Waals surface area contributed by atoms with Crippen LogP contribution in [0.5, 0.6) is 0 Å². The molecule has 0 unspecified atom stereocenters. The number of hydrogen-bond donors (Lipinski definition) is 1. The van der Waals surface area contributed by atoms with Crippen LogP contribution >= 0.6 is 0 Å². The van der Waals surface area contributed by atoms with Gasteiger partial charge in [0.1, 0.15) is 6.26 Å². The van der Waals surface area contributed by atoms with E-state index in [1.165, 1.54) is 6.26 Å². The van der Waals surface area contributed by atoms with Gasteiger partial charge < -0.3 is 15.1 Å². The zero-order chi connectivity index (χ0) is 13.1. The summed E-state index contributed by atoms with van der Waals surface area (Å²) in [7, 11) is 0. The van der Waals surface area contributed by atoms with Crippen LogP contribution in [0.15, 0.2) is 10.7 Å². The van der Waals surface area contributed by atoms with E-state index in [-0.39, 0.29) is 24.2 Å². The van der Waals surface area contributed by atoms with Gasteiger partial charge in [0.2, 0.25) is 11.8 Å². The molecule has 18 heavy (non-hydrogen) atoms. The molecule has 2 N–H and O–H groups in total. The highest BCUT2D eigenvalue weighted by molar-refractivity contribution is 5.80. The van der Waals surface area contributed by atoms with E-state index < -0.39 is 0 Å². The van der Waals surface area contributed by atoms with Gasteiger partial charge in [0, 0.05) is 25.9 Å². The molecule has 2 amide bonds. The molecule has 1 saturated heterocycles. The molecule has 6 heteroatoms. The summed E-state index contributed by atoms with van der Waals surface area (Å²) >= 11 is 0. The molecule has 1 fully saturated rings. The van der Waals surface area contributed by atoms with Crippen molar-refractivity contribution >= 4 is 11.8 Å². The molecule has 1 aromatic heterocycles. The van der Waals surface area contributed by atoms with Gasteiger partial charge in [-0.25, -0.2) is 4.98 Å². The molecule has 98 valence electrons. The minimum absolute atomic E-state index is 0.0196. The van der Waals surface area contributed by atoms with Crippen molar-refractivity contribution < 1.29 is 14.0 Å². The molecule has 0 saturated carbocycles. The van der Waals surface area contributed by atoms with Crippen LogP contribution in [-0.2, 0) is 16.0 Å². The van der Waals surface area contributed by atoms with Crippen LogP contribution in [0.4, 0.5) is 0 Å². The first-order valence-electron chi connectivity index (χ1n) is 6.04. The third-order valence-corrected chi connectivity index (χ3v) is 3.25. The van der Waals surface area contributed by atoms with Crippen LogP contribution < -0.4 is 5.73 Å². The van der Waals surface area contributed by atoms with E-state index in [2.05, 4.69) is 4.98 Å². The highest BCUT2D eigenvalue weighted by atomic mass is 16.3. The molecule has 2 rings (SSSR count). The number of nitrogens with two attached hydrogens (primary N) is 1. The van der Waals surface area contributed by atoms with E-state index in [1.54, 1.807) is 11.8 Å². The maximum atomic E-state index is 12.0. The molecular weight excluding hydrogens is 234 g/mol. The number of carbonyl (C=O) groups excluding carboxylic acids is 2. The summed E-state index contributed by atoms with van der Waals surface area (Å²) in [5.41, 5.74) is 5.90. The average Bonchev–Trinajstić information content (AvgIpc) is 2.75. The molecular formula is C12H17N3O3.